The number of benzene rings is 1. The summed E-state index contributed by atoms with van der Waals surface area (Å²) in [6.45, 7) is 10.9. The van der Waals surface area contributed by atoms with Gasteiger partial charge >= 0.3 is 5.97 Å². The molecule has 2 aromatic rings. The fourth-order valence-electron chi connectivity index (χ4n) is 4.20. The highest BCUT2D eigenvalue weighted by atomic mass is 28.3. The van der Waals surface area contributed by atoms with Crippen molar-refractivity contribution < 1.29 is 19.0 Å². The van der Waals surface area contributed by atoms with E-state index >= 15 is 0 Å². The van der Waals surface area contributed by atoms with Crippen LogP contribution in [0.1, 0.15) is 19.0 Å². The first-order chi connectivity index (χ1) is 13.9. The van der Waals surface area contributed by atoms with Gasteiger partial charge in [0.2, 0.25) is 0 Å². The lowest BCUT2D eigenvalue weighted by Gasteiger charge is -2.40. The number of carbonyl (C=O) groups is 1. The summed E-state index contributed by atoms with van der Waals surface area (Å²) in [5.41, 5.74) is 3.30. The van der Waals surface area contributed by atoms with Crippen molar-refractivity contribution in [2.45, 2.75) is 58.0 Å². The van der Waals surface area contributed by atoms with Crippen molar-refractivity contribution in [3.05, 3.63) is 42.1 Å². The lowest BCUT2D eigenvalue weighted by atomic mass is 9.81. The Hall–Kier alpha value is -1.89. The van der Waals surface area contributed by atoms with Crippen LogP contribution in [0.3, 0.4) is 0 Å². The zero-order valence-corrected chi connectivity index (χ0v) is 18.8. The maximum absolute atomic E-state index is 12.3. The van der Waals surface area contributed by atoms with Crippen LogP contribution in [0.15, 0.2) is 36.4 Å². The Morgan fingerprint density at radius 3 is 2.76 bits per heavy atom. The van der Waals surface area contributed by atoms with Crippen LogP contribution in [-0.2, 0) is 25.7 Å². The van der Waals surface area contributed by atoms with Gasteiger partial charge in [-0.15, -0.1) is 0 Å². The molecule has 2 aliphatic heterocycles. The smallest absolute Gasteiger partial charge is 0.316 e. The van der Waals surface area contributed by atoms with E-state index in [4.69, 9.17) is 14.2 Å². The molecule has 156 valence electrons. The Morgan fingerprint density at radius 2 is 2.03 bits per heavy atom. The SMILES string of the molecule is CCO[C@@H]1CC2OC(=O)C1C=C2c1cc2ccccc2n1COCC[Si](C)(C)C. The van der Waals surface area contributed by atoms with Gasteiger partial charge < -0.3 is 18.8 Å². The Morgan fingerprint density at radius 1 is 1.24 bits per heavy atom. The van der Waals surface area contributed by atoms with Gasteiger partial charge in [-0.3, -0.25) is 4.79 Å². The second-order valence-electron chi connectivity index (χ2n) is 9.17. The highest BCUT2D eigenvalue weighted by Gasteiger charge is 2.45. The fourth-order valence-corrected chi connectivity index (χ4v) is 4.96. The van der Waals surface area contributed by atoms with Gasteiger partial charge in [-0.25, -0.2) is 0 Å². The van der Waals surface area contributed by atoms with Gasteiger partial charge in [-0.1, -0.05) is 43.9 Å². The summed E-state index contributed by atoms with van der Waals surface area (Å²) in [4.78, 5) is 12.3. The van der Waals surface area contributed by atoms with E-state index in [0.717, 1.165) is 29.4 Å². The van der Waals surface area contributed by atoms with Crippen molar-refractivity contribution in [3.8, 4) is 0 Å². The molecule has 29 heavy (non-hydrogen) atoms. The van der Waals surface area contributed by atoms with Crippen molar-refractivity contribution in [1.29, 1.82) is 0 Å². The molecule has 3 heterocycles. The van der Waals surface area contributed by atoms with E-state index in [0.29, 0.717) is 19.8 Å². The number of nitrogens with zero attached hydrogens (tertiary/aromatic N) is 1. The molecule has 0 amide bonds. The molecule has 0 saturated carbocycles. The van der Waals surface area contributed by atoms with Gasteiger partial charge in [0.05, 0.1) is 17.3 Å². The largest absolute Gasteiger partial charge is 0.457 e. The average Bonchev–Trinajstić information content (AvgIpc) is 3.03. The average molecular weight is 414 g/mol. The van der Waals surface area contributed by atoms with Crippen LogP contribution in [0.4, 0.5) is 0 Å². The molecule has 2 unspecified atom stereocenters. The molecule has 2 bridgehead atoms. The summed E-state index contributed by atoms with van der Waals surface area (Å²) in [5.74, 6) is -0.494. The lowest BCUT2D eigenvalue weighted by molar-refractivity contribution is -0.167. The van der Waals surface area contributed by atoms with Crippen LogP contribution in [0.2, 0.25) is 25.7 Å². The highest BCUT2D eigenvalue weighted by Crippen LogP contribution is 2.41. The van der Waals surface area contributed by atoms with E-state index in [2.05, 4.69) is 60.6 Å². The van der Waals surface area contributed by atoms with Crippen molar-refractivity contribution in [1.82, 2.24) is 4.57 Å². The summed E-state index contributed by atoms with van der Waals surface area (Å²) in [6.07, 6.45) is 2.44. The highest BCUT2D eigenvalue weighted by molar-refractivity contribution is 6.76. The quantitative estimate of drug-likeness (QED) is 0.358. The molecule has 0 radical (unpaired) electrons. The third-order valence-corrected chi connectivity index (χ3v) is 7.49. The summed E-state index contributed by atoms with van der Waals surface area (Å²) in [7, 11) is -1.13. The third-order valence-electron chi connectivity index (χ3n) is 5.79. The van der Waals surface area contributed by atoms with Crippen LogP contribution < -0.4 is 0 Å². The van der Waals surface area contributed by atoms with Crippen molar-refractivity contribution >= 4 is 30.5 Å². The maximum Gasteiger partial charge on any atom is 0.316 e. The molecule has 1 aromatic carbocycles. The molecular weight excluding hydrogens is 382 g/mol. The molecule has 0 spiro atoms. The van der Waals surface area contributed by atoms with E-state index < -0.39 is 8.07 Å². The van der Waals surface area contributed by atoms with Crippen molar-refractivity contribution in [2.24, 2.45) is 5.92 Å². The monoisotopic (exact) mass is 413 g/mol. The Labute approximate surface area is 173 Å². The summed E-state index contributed by atoms with van der Waals surface area (Å²) in [5, 5.41) is 1.17. The first kappa shape index (κ1) is 20.4. The third kappa shape index (κ3) is 4.20. The minimum atomic E-state index is -1.13. The number of hydrogen-bond acceptors (Lipinski definition) is 4. The zero-order valence-electron chi connectivity index (χ0n) is 17.8. The van der Waals surface area contributed by atoms with Crippen LogP contribution in [-0.4, -0.2) is 44.0 Å². The maximum atomic E-state index is 12.3. The van der Waals surface area contributed by atoms with Crippen LogP contribution in [0.5, 0.6) is 0 Å². The van der Waals surface area contributed by atoms with Crippen molar-refractivity contribution in [2.75, 3.05) is 13.2 Å². The number of para-hydroxylation sites is 1. The minimum absolute atomic E-state index is 0.0826. The minimum Gasteiger partial charge on any atom is -0.457 e. The molecule has 5 rings (SSSR count). The van der Waals surface area contributed by atoms with Crippen LogP contribution >= 0.6 is 0 Å². The number of fused-ring (bicyclic) bond motifs is 3. The van der Waals surface area contributed by atoms with Gasteiger partial charge in [0.15, 0.2) is 0 Å². The molecule has 5 nitrogen and oxygen atoms in total. The predicted octanol–water partition coefficient (Wildman–Crippen LogP) is 4.69. The van der Waals surface area contributed by atoms with Gasteiger partial charge in [0.1, 0.15) is 18.8 Å². The van der Waals surface area contributed by atoms with E-state index in [9.17, 15) is 4.79 Å². The van der Waals surface area contributed by atoms with E-state index in [1.165, 1.54) is 5.39 Å². The van der Waals surface area contributed by atoms with Crippen molar-refractivity contribution in [3.63, 3.8) is 0 Å². The molecule has 1 aliphatic carbocycles. The number of rotatable bonds is 8. The first-order valence-corrected chi connectivity index (χ1v) is 14.3. The Balaban J connectivity index is 1.64. The second-order valence-corrected chi connectivity index (χ2v) is 14.8. The molecule has 0 N–H and O–H groups in total. The van der Waals surface area contributed by atoms with Gasteiger partial charge in [0.25, 0.3) is 0 Å². The lowest BCUT2D eigenvalue weighted by Crippen LogP contribution is -2.46. The van der Waals surface area contributed by atoms with E-state index in [1.807, 2.05) is 6.92 Å². The summed E-state index contributed by atoms with van der Waals surface area (Å²) >= 11 is 0. The first-order valence-electron chi connectivity index (χ1n) is 10.6. The standard InChI is InChI=1S/C23H31NO4Si/c1-5-27-21-14-22-17(13-18(21)23(25)28-22)20-12-16-8-6-7-9-19(16)24(20)15-26-10-11-29(2,3)4/h6-9,12-13,18,21-22H,5,10-11,14-15H2,1-4H3/t18?,21-,22?/m1/s1. The second kappa shape index (κ2) is 8.09. The van der Waals surface area contributed by atoms with Crippen LogP contribution in [0, 0.1) is 5.92 Å². The molecule has 6 heteroatoms. The molecule has 1 fully saturated rings. The number of carbonyl (C=O) groups excluding carboxylic acids is 1. The summed E-state index contributed by atoms with van der Waals surface area (Å²) < 4.78 is 19.8. The molecular formula is C23H31NO4Si. The molecule has 3 atom stereocenters. The number of hydrogen-bond donors (Lipinski definition) is 0. The summed E-state index contributed by atoms with van der Waals surface area (Å²) in [6, 6.07) is 11.7. The van der Waals surface area contributed by atoms with E-state index in [-0.39, 0.29) is 24.1 Å². The number of aromatic nitrogens is 1. The topological polar surface area (TPSA) is 49.7 Å². The molecule has 1 aromatic heterocycles. The molecule has 1 saturated heterocycles. The number of esters is 1. The normalized spacial score (nSPS) is 24.1. The van der Waals surface area contributed by atoms with Gasteiger partial charge in [-0.05, 0) is 25.1 Å². The Bertz CT molecular complexity index is 927. The van der Waals surface area contributed by atoms with Gasteiger partial charge in [0, 0.05) is 38.7 Å². The molecule has 3 aliphatic rings. The van der Waals surface area contributed by atoms with Crippen LogP contribution in [0.25, 0.3) is 16.5 Å². The van der Waals surface area contributed by atoms with E-state index in [1.54, 1.807) is 0 Å². The number of ether oxygens (including phenoxy) is 3. The zero-order chi connectivity index (χ0) is 20.6. The predicted molar refractivity (Wildman–Crippen MR) is 117 cm³/mol. The van der Waals surface area contributed by atoms with Gasteiger partial charge in [-0.2, -0.15) is 0 Å². The Kier molecular flexibility index (Phi) is 5.68. The fraction of sp³-hybridized carbons (Fsp3) is 0.522.